The maximum atomic E-state index is 11.7. The van der Waals surface area contributed by atoms with E-state index in [2.05, 4.69) is 15.3 Å². The molecule has 0 fully saturated rings. The molecule has 2 aromatic rings. The lowest BCUT2D eigenvalue weighted by Gasteiger charge is -2.06. The molecular weight excluding hydrogens is 285 g/mol. The Morgan fingerprint density at radius 1 is 1.21 bits per heavy atom. The third kappa shape index (κ3) is 3.91. The summed E-state index contributed by atoms with van der Waals surface area (Å²) < 4.78 is 0. The Kier molecular flexibility index (Phi) is 4.71. The molecular formula is C13H11Cl2N3O. The van der Waals surface area contributed by atoms with Crippen LogP contribution in [0.5, 0.6) is 0 Å². The first-order valence-electron chi connectivity index (χ1n) is 5.64. The highest BCUT2D eigenvalue weighted by atomic mass is 35.5. The molecule has 1 aromatic heterocycles. The van der Waals surface area contributed by atoms with Crippen LogP contribution in [-0.2, 0) is 6.42 Å². The van der Waals surface area contributed by atoms with Crippen molar-refractivity contribution in [3.63, 3.8) is 0 Å². The number of aromatic nitrogens is 2. The van der Waals surface area contributed by atoms with Crippen LogP contribution in [-0.4, -0.2) is 22.4 Å². The van der Waals surface area contributed by atoms with Gasteiger partial charge in [-0.2, -0.15) is 0 Å². The van der Waals surface area contributed by atoms with Crippen molar-refractivity contribution < 1.29 is 4.79 Å². The van der Waals surface area contributed by atoms with E-state index < -0.39 is 0 Å². The van der Waals surface area contributed by atoms with Crippen molar-refractivity contribution in [3.8, 4) is 0 Å². The first-order chi connectivity index (χ1) is 9.16. The van der Waals surface area contributed by atoms with E-state index in [9.17, 15) is 4.79 Å². The molecule has 0 saturated carbocycles. The molecule has 1 amide bonds. The van der Waals surface area contributed by atoms with Crippen molar-refractivity contribution in [1.82, 2.24) is 15.3 Å². The van der Waals surface area contributed by atoms with Crippen LogP contribution >= 0.6 is 23.2 Å². The van der Waals surface area contributed by atoms with Gasteiger partial charge in [-0.15, -0.1) is 0 Å². The van der Waals surface area contributed by atoms with Crippen molar-refractivity contribution in [2.24, 2.45) is 0 Å². The molecule has 1 heterocycles. The van der Waals surface area contributed by atoms with Crippen LogP contribution in [0.25, 0.3) is 0 Å². The van der Waals surface area contributed by atoms with E-state index in [1.807, 2.05) is 6.07 Å². The van der Waals surface area contributed by atoms with Crippen molar-refractivity contribution in [3.05, 3.63) is 58.1 Å². The predicted molar refractivity (Wildman–Crippen MR) is 74.5 cm³/mol. The topological polar surface area (TPSA) is 54.9 Å². The summed E-state index contributed by atoms with van der Waals surface area (Å²) in [6, 6.07) is 5.31. The number of nitrogens with zero attached hydrogens (tertiary/aromatic N) is 2. The van der Waals surface area contributed by atoms with Gasteiger partial charge in [-0.25, -0.2) is 9.97 Å². The van der Waals surface area contributed by atoms with Gasteiger partial charge in [0.1, 0.15) is 6.33 Å². The van der Waals surface area contributed by atoms with Gasteiger partial charge in [0.15, 0.2) is 0 Å². The summed E-state index contributed by atoms with van der Waals surface area (Å²) >= 11 is 11.9. The zero-order valence-electron chi connectivity index (χ0n) is 9.94. The second-order valence-electron chi connectivity index (χ2n) is 3.87. The average Bonchev–Trinajstić information content (AvgIpc) is 2.42. The van der Waals surface area contributed by atoms with Gasteiger partial charge in [-0.05, 0) is 24.1 Å². The second-order valence-corrected chi connectivity index (χ2v) is 4.71. The third-order valence-corrected chi connectivity index (χ3v) is 3.10. The largest absolute Gasteiger partial charge is 0.352 e. The van der Waals surface area contributed by atoms with Gasteiger partial charge >= 0.3 is 0 Å². The lowest BCUT2D eigenvalue weighted by Crippen LogP contribution is -2.25. The Hall–Kier alpha value is -1.65. The second kappa shape index (κ2) is 6.50. The molecule has 0 bridgehead atoms. The lowest BCUT2D eigenvalue weighted by atomic mass is 10.1. The molecule has 0 saturated heterocycles. The zero-order valence-corrected chi connectivity index (χ0v) is 11.4. The fourth-order valence-electron chi connectivity index (χ4n) is 1.55. The molecule has 4 nitrogen and oxygen atoms in total. The van der Waals surface area contributed by atoms with Crippen LogP contribution < -0.4 is 5.32 Å². The molecule has 6 heteroatoms. The standard InChI is InChI=1S/C13H11Cl2N3O/c14-11-2-1-9(12(15)5-11)3-4-18-13(19)10-6-16-8-17-7-10/h1-2,5-8H,3-4H2,(H,18,19). The van der Waals surface area contributed by atoms with Crippen molar-refractivity contribution in [2.75, 3.05) is 6.54 Å². The van der Waals surface area contributed by atoms with E-state index in [-0.39, 0.29) is 5.91 Å². The molecule has 0 aliphatic carbocycles. The summed E-state index contributed by atoms with van der Waals surface area (Å²) in [6.07, 6.45) is 4.95. The van der Waals surface area contributed by atoms with Crippen molar-refractivity contribution in [1.29, 1.82) is 0 Å². The first kappa shape index (κ1) is 13.8. The quantitative estimate of drug-likeness (QED) is 0.944. The minimum absolute atomic E-state index is 0.203. The normalized spacial score (nSPS) is 10.2. The van der Waals surface area contributed by atoms with Crippen LogP contribution in [0.15, 0.2) is 36.9 Å². The number of hydrogen-bond acceptors (Lipinski definition) is 3. The summed E-state index contributed by atoms with van der Waals surface area (Å²) in [6.45, 7) is 0.481. The molecule has 19 heavy (non-hydrogen) atoms. The molecule has 0 unspecified atom stereocenters. The van der Waals surface area contributed by atoms with E-state index in [0.717, 1.165) is 5.56 Å². The number of hydrogen-bond donors (Lipinski definition) is 1. The minimum Gasteiger partial charge on any atom is -0.352 e. The summed E-state index contributed by atoms with van der Waals surface area (Å²) in [5.41, 5.74) is 1.38. The number of benzene rings is 1. The summed E-state index contributed by atoms with van der Waals surface area (Å²) in [5.74, 6) is -0.203. The number of halogens is 2. The number of rotatable bonds is 4. The Labute approximate surface area is 120 Å². The first-order valence-corrected chi connectivity index (χ1v) is 6.39. The zero-order chi connectivity index (χ0) is 13.7. The third-order valence-electron chi connectivity index (χ3n) is 2.52. The smallest absolute Gasteiger partial charge is 0.254 e. The van der Waals surface area contributed by atoms with Gasteiger partial charge in [0.25, 0.3) is 5.91 Å². The van der Waals surface area contributed by atoms with Gasteiger partial charge in [0.05, 0.1) is 5.56 Å². The molecule has 2 rings (SSSR count). The maximum Gasteiger partial charge on any atom is 0.254 e. The average molecular weight is 296 g/mol. The van der Waals surface area contributed by atoms with E-state index in [4.69, 9.17) is 23.2 Å². The van der Waals surface area contributed by atoms with Crippen LogP contribution in [0.3, 0.4) is 0 Å². The molecule has 0 aliphatic heterocycles. The highest BCUT2D eigenvalue weighted by molar-refractivity contribution is 6.35. The maximum absolute atomic E-state index is 11.7. The molecule has 0 spiro atoms. The van der Waals surface area contributed by atoms with Gasteiger partial charge < -0.3 is 5.32 Å². The molecule has 0 atom stereocenters. The SMILES string of the molecule is O=C(NCCc1ccc(Cl)cc1Cl)c1cncnc1. The van der Waals surface area contributed by atoms with Crippen molar-refractivity contribution in [2.45, 2.75) is 6.42 Å². The van der Waals surface area contributed by atoms with E-state index in [1.54, 1.807) is 12.1 Å². The Morgan fingerprint density at radius 2 is 1.95 bits per heavy atom. The fraction of sp³-hybridized carbons (Fsp3) is 0.154. The van der Waals surface area contributed by atoms with Crippen LogP contribution in [0, 0.1) is 0 Å². The van der Waals surface area contributed by atoms with E-state index in [1.165, 1.54) is 18.7 Å². The predicted octanol–water partition coefficient (Wildman–Crippen LogP) is 2.76. The highest BCUT2D eigenvalue weighted by Crippen LogP contribution is 2.21. The fourth-order valence-corrected chi connectivity index (χ4v) is 2.06. The Balaban J connectivity index is 1.88. The van der Waals surface area contributed by atoms with E-state index >= 15 is 0 Å². The highest BCUT2D eigenvalue weighted by Gasteiger charge is 2.06. The minimum atomic E-state index is -0.203. The van der Waals surface area contributed by atoms with Gasteiger partial charge in [-0.1, -0.05) is 29.3 Å². The molecule has 1 N–H and O–H groups in total. The lowest BCUT2D eigenvalue weighted by molar-refractivity contribution is 0.0953. The molecule has 1 aromatic carbocycles. The molecule has 0 radical (unpaired) electrons. The van der Waals surface area contributed by atoms with Gasteiger partial charge in [-0.3, -0.25) is 4.79 Å². The summed E-state index contributed by atoms with van der Waals surface area (Å²) in [4.78, 5) is 19.3. The molecule has 98 valence electrons. The summed E-state index contributed by atoms with van der Waals surface area (Å²) in [5, 5.41) is 3.98. The van der Waals surface area contributed by atoms with Crippen LogP contribution in [0.2, 0.25) is 10.0 Å². The van der Waals surface area contributed by atoms with Gasteiger partial charge in [0.2, 0.25) is 0 Å². The number of carbonyl (C=O) groups excluding carboxylic acids is 1. The van der Waals surface area contributed by atoms with Crippen molar-refractivity contribution >= 4 is 29.1 Å². The van der Waals surface area contributed by atoms with Gasteiger partial charge in [0, 0.05) is 29.0 Å². The summed E-state index contributed by atoms with van der Waals surface area (Å²) in [7, 11) is 0. The van der Waals surface area contributed by atoms with E-state index in [0.29, 0.717) is 28.6 Å². The Morgan fingerprint density at radius 3 is 2.63 bits per heavy atom. The molecule has 0 aliphatic rings. The monoisotopic (exact) mass is 295 g/mol. The number of amides is 1. The number of carbonyl (C=O) groups is 1. The number of nitrogens with one attached hydrogen (secondary N) is 1. The Bertz CT molecular complexity index is 575. The van der Waals surface area contributed by atoms with Crippen LogP contribution in [0.1, 0.15) is 15.9 Å². The van der Waals surface area contributed by atoms with Crippen LogP contribution in [0.4, 0.5) is 0 Å².